The molecule has 6 heteroatoms. The summed E-state index contributed by atoms with van der Waals surface area (Å²) < 4.78 is 40.1. The number of nitrogens with zero attached hydrogens (tertiary/aromatic N) is 2. The van der Waals surface area contributed by atoms with Gasteiger partial charge in [-0.25, -0.2) is 4.98 Å². The minimum absolute atomic E-state index is 0.262. The van der Waals surface area contributed by atoms with Gasteiger partial charge in [-0.3, -0.25) is 0 Å². The van der Waals surface area contributed by atoms with Crippen molar-refractivity contribution in [3.63, 3.8) is 0 Å². The van der Waals surface area contributed by atoms with Gasteiger partial charge < -0.3 is 10.3 Å². The second-order valence-corrected chi connectivity index (χ2v) is 6.03. The van der Waals surface area contributed by atoms with Gasteiger partial charge in [0.25, 0.3) is 0 Å². The Morgan fingerprint density at radius 1 is 1.29 bits per heavy atom. The summed E-state index contributed by atoms with van der Waals surface area (Å²) in [7, 11) is 1.83. The fourth-order valence-corrected chi connectivity index (χ4v) is 3.15. The molecule has 3 rings (SSSR count). The summed E-state index contributed by atoms with van der Waals surface area (Å²) in [5.74, 6) is 0.758. The molecule has 0 amide bonds. The third-order valence-corrected chi connectivity index (χ3v) is 4.41. The van der Waals surface area contributed by atoms with Gasteiger partial charge in [0.1, 0.15) is 5.82 Å². The molecule has 1 saturated carbocycles. The van der Waals surface area contributed by atoms with E-state index in [2.05, 4.69) is 4.98 Å². The number of hydrogen-bond donors (Lipinski definition) is 1. The van der Waals surface area contributed by atoms with Crippen molar-refractivity contribution in [3.05, 3.63) is 29.6 Å². The normalized spacial score (nSPS) is 18.5. The highest BCUT2D eigenvalue weighted by Crippen LogP contribution is 2.33. The zero-order valence-electron chi connectivity index (χ0n) is 11.9. The summed E-state index contributed by atoms with van der Waals surface area (Å²) in [5, 5.41) is 0. The van der Waals surface area contributed by atoms with E-state index in [1.165, 1.54) is 6.07 Å². The number of aromatic nitrogens is 2. The topological polar surface area (TPSA) is 43.8 Å². The predicted molar refractivity (Wildman–Crippen MR) is 74.8 cm³/mol. The minimum atomic E-state index is -4.34. The lowest BCUT2D eigenvalue weighted by Gasteiger charge is -2.22. The molecule has 1 fully saturated rings. The summed E-state index contributed by atoms with van der Waals surface area (Å²) in [6.07, 6.45) is 0.386. The minimum Gasteiger partial charge on any atom is -0.331 e. The summed E-state index contributed by atoms with van der Waals surface area (Å²) in [6.45, 7) is 0. The van der Waals surface area contributed by atoms with Crippen LogP contribution < -0.4 is 5.73 Å². The van der Waals surface area contributed by atoms with Crippen LogP contribution in [0.4, 0.5) is 13.2 Å². The quantitative estimate of drug-likeness (QED) is 0.923. The molecule has 1 heterocycles. The lowest BCUT2D eigenvalue weighted by Crippen LogP contribution is -2.39. The molecule has 0 bridgehead atoms. The lowest BCUT2D eigenvalue weighted by molar-refractivity contribution is -0.137. The van der Waals surface area contributed by atoms with E-state index in [0.717, 1.165) is 43.6 Å². The first kappa shape index (κ1) is 14.4. The van der Waals surface area contributed by atoms with Crippen LogP contribution in [0.5, 0.6) is 0 Å². The van der Waals surface area contributed by atoms with Crippen LogP contribution >= 0.6 is 0 Å². The molecule has 3 nitrogen and oxygen atoms in total. The van der Waals surface area contributed by atoms with Crippen molar-refractivity contribution in [2.45, 2.75) is 43.8 Å². The average molecular weight is 297 g/mol. The summed E-state index contributed by atoms with van der Waals surface area (Å²) in [4.78, 5) is 4.38. The molecule has 2 N–H and O–H groups in total. The van der Waals surface area contributed by atoms with Crippen molar-refractivity contribution < 1.29 is 13.2 Å². The van der Waals surface area contributed by atoms with E-state index >= 15 is 0 Å². The highest BCUT2D eigenvalue weighted by atomic mass is 19.4. The van der Waals surface area contributed by atoms with E-state index in [4.69, 9.17) is 5.73 Å². The van der Waals surface area contributed by atoms with E-state index in [-0.39, 0.29) is 5.54 Å². The van der Waals surface area contributed by atoms with Gasteiger partial charge in [0, 0.05) is 19.0 Å². The molecule has 0 unspecified atom stereocenters. The van der Waals surface area contributed by atoms with E-state index in [9.17, 15) is 13.2 Å². The molecule has 114 valence electrons. The predicted octanol–water partition coefficient (Wildman–Crippen LogP) is 3.41. The maximum Gasteiger partial charge on any atom is 0.416 e. The van der Waals surface area contributed by atoms with Crippen molar-refractivity contribution in [1.29, 1.82) is 0 Å². The average Bonchev–Trinajstić information content (AvgIpc) is 2.94. The van der Waals surface area contributed by atoms with Crippen LogP contribution in [-0.2, 0) is 19.6 Å². The van der Waals surface area contributed by atoms with Gasteiger partial charge in [-0.05, 0) is 31.0 Å². The van der Waals surface area contributed by atoms with Gasteiger partial charge in [-0.15, -0.1) is 0 Å². The van der Waals surface area contributed by atoms with Crippen molar-refractivity contribution in [2.75, 3.05) is 0 Å². The van der Waals surface area contributed by atoms with Gasteiger partial charge in [-0.1, -0.05) is 12.8 Å². The van der Waals surface area contributed by atoms with Crippen LogP contribution in [-0.4, -0.2) is 15.1 Å². The molecule has 1 aromatic carbocycles. The Labute approximate surface area is 121 Å². The largest absolute Gasteiger partial charge is 0.416 e. The molecule has 0 spiro atoms. The third kappa shape index (κ3) is 2.64. The van der Waals surface area contributed by atoms with Crippen molar-refractivity contribution in [1.82, 2.24) is 9.55 Å². The van der Waals surface area contributed by atoms with E-state index in [0.29, 0.717) is 17.5 Å². The van der Waals surface area contributed by atoms with E-state index in [1.807, 2.05) is 11.6 Å². The van der Waals surface area contributed by atoms with Gasteiger partial charge >= 0.3 is 6.18 Å². The maximum atomic E-state index is 12.8. The van der Waals surface area contributed by atoms with E-state index < -0.39 is 11.7 Å². The van der Waals surface area contributed by atoms with Crippen LogP contribution in [0.15, 0.2) is 18.2 Å². The first-order chi connectivity index (χ1) is 9.78. The van der Waals surface area contributed by atoms with Gasteiger partial charge in [0.2, 0.25) is 0 Å². The number of alkyl halides is 3. The molecule has 1 aromatic heterocycles. The Morgan fingerprint density at radius 2 is 1.95 bits per heavy atom. The number of aryl methyl sites for hydroxylation is 1. The molecule has 0 radical (unpaired) electrons. The highest BCUT2D eigenvalue weighted by Gasteiger charge is 2.33. The Balaban J connectivity index is 1.99. The van der Waals surface area contributed by atoms with Crippen LogP contribution in [0, 0.1) is 0 Å². The molecular formula is C15H18F3N3. The number of hydrogen-bond acceptors (Lipinski definition) is 2. The van der Waals surface area contributed by atoms with Crippen LogP contribution in [0.3, 0.4) is 0 Å². The summed E-state index contributed by atoms with van der Waals surface area (Å²) >= 11 is 0. The Bertz CT molecular complexity index is 667. The first-order valence-corrected chi connectivity index (χ1v) is 7.10. The molecular weight excluding hydrogens is 279 g/mol. The van der Waals surface area contributed by atoms with Crippen molar-refractivity contribution in [3.8, 4) is 0 Å². The number of nitrogens with two attached hydrogens (primary N) is 1. The lowest BCUT2D eigenvalue weighted by atomic mass is 9.94. The molecule has 0 atom stereocenters. The number of rotatable bonds is 2. The van der Waals surface area contributed by atoms with Crippen LogP contribution in [0.2, 0.25) is 0 Å². The van der Waals surface area contributed by atoms with Crippen LogP contribution in [0.25, 0.3) is 11.0 Å². The fraction of sp³-hybridized carbons (Fsp3) is 0.533. The van der Waals surface area contributed by atoms with Gasteiger partial charge in [-0.2, -0.15) is 13.2 Å². The highest BCUT2D eigenvalue weighted by molar-refractivity contribution is 5.77. The van der Waals surface area contributed by atoms with Gasteiger partial charge in [0.15, 0.2) is 0 Å². The van der Waals surface area contributed by atoms with Crippen molar-refractivity contribution >= 4 is 11.0 Å². The fourth-order valence-electron chi connectivity index (χ4n) is 3.15. The summed E-state index contributed by atoms with van der Waals surface area (Å²) in [5.41, 5.74) is 6.51. The zero-order valence-corrected chi connectivity index (χ0v) is 11.9. The molecule has 0 saturated heterocycles. The van der Waals surface area contributed by atoms with Gasteiger partial charge in [0.05, 0.1) is 16.6 Å². The monoisotopic (exact) mass is 297 g/mol. The molecule has 1 aliphatic rings. The first-order valence-electron chi connectivity index (χ1n) is 7.10. The van der Waals surface area contributed by atoms with Crippen LogP contribution in [0.1, 0.15) is 37.1 Å². The SMILES string of the molecule is Cn1c(CC2(N)CCCC2)nc2cc(C(F)(F)F)ccc21. The van der Waals surface area contributed by atoms with Crippen molar-refractivity contribution in [2.24, 2.45) is 12.8 Å². The molecule has 21 heavy (non-hydrogen) atoms. The molecule has 1 aliphatic carbocycles. The second kappa shape index (κ2) is 4.73. The number of fused-ring (bicyclic) bond motifs is 1. The smallest absolute Gasteiger partial charge is 0.331 e. The van der Waals surface area contributed by atoms with E-state index in [1.54, 1.807) is 0 Å². The number of imidazole rings is 1. The Morgan fingerprint density at radius 3 is 2.57 bits per heavy atom. The molecule has 2 aromatic rings. The maximum absolute atomic E-state index is 12.8. The second-order valence-electron chi connectivity index (χ2n) is 6.03. The number of benzene rings is 1. The Kier molecular flexibility index (Phi) is 3.24. The summed E-state index contributed by atoms with van der Waals surface area (Å²) in [6, 6.07) is 3.69. The molecule has 0 aliphatic heterocycles. The third-order valence-electron chi connectivity index (χ3n) is 4.41. The Hall–Kier alpha value is -1.56. The number of halogens is 3. The zero-order chi connectivity index (χ0) is 15.3. The standard InChI is InChI=1S/C15H18F3N3/c1-21-12-5-4-10(15(16,17)18)8-11(12)20-13(21)9-14(19)6-2-3-7-14/h4-5,8H,2-3,6-7,9,19H2,1H3.